The highest BCUT2D eigenvalue weighted by Gasteiger charge is 2.37. The van der Waals surface area contributed by atoms with Gasteiger partial charge in [0.2, 0.25) is 0 Å². The van der Waals surface area contributed by atoms with Gasteiger partial charge < -0.3 is 4.74 Å². The molecule has 0 amide bonds. The number of halogens is 3. The summed E-state index contributed by atoms with van der Waals surface area (Å²) in [7, 11) is 0. The summed E-state index contributed by atoms with van der Waals surface area (Å²) in [6.45, 7) is 1.99. The molecule has 2 aliphatic rings. The van der Waals surface area contributed by atoms with E-state index in [9.17, 15) is 18.0 Å². The van der Waals surface area contributed by atoms with E-state index in [0.29, 0.717) is 18.6 Å². The first-order chi connectivity index (χ1) is 9.38. The Morgan fingerprint density at radius 3 is 2.45 bits per heavy atom. The van der Waals surface area contributed by atoms with Crippen LogP contribution in [0.2, 0.25) is 0 Å². The molecular weight excluding hydrogens is 269 g/mol. The van der Waals surface area contributed by atoms with Crippen LogP contribution in [-0.4, -0.2) is 18.6 Å². The van der Waals surface area contributed by atoms with Gasteiger partial charge in [-0.1, -0.05) is 19.3 Å². The molecule has 0 aromatic rings. The SMILES string of the molecule is CC1C(=O)C=C(C(F)(F)F)C=C1OCC1CCCCC1. The maximum absolute atomic E-state index is 12.7. The van der Waals surface area contributed by atoms with Crippen molar-refractivity contribution in [3.8, 4) is 0 Å². The average molecular weight is 288 g/mol. The Morgan fingerprint density at radius 1 is 1.20 bits per heavy atom. The normalized spacial score (nSPS) is 25.2. The average Bonchev–Trinajstić information content (AvgIpc) is 2.40. The van der Waals surface area contributed by atoms with Crippen LogP contribution in [0.3, 0.4) is 0 Å². The zero-order valence-electron chi connectivity index (χ0n) is 11.5. The summed E-state index contributed by atoms with van der Waals surface area (Å²) in [5.74, 6) is -0.620. The van der Waals surface area contributed by atoms with Crippen molar-refractivity contribution in [3.63, 3.8) is 0 Å². The number of hydrogen-bond donors (Lipinski definition) is 0. The van der Waals surface area contributed by atoms with Gasteiger partial charge in [0.05, 0.1) is 18.1 Å². The van der Waals surface area contributed by atoms with E-state index in [2.05, 4.69) is 0 Å². The van der Waals surface area contributed by atoms with Crippen LogP contribution in [0.4, 0.5) is 13.2 Å². The molecule has 20 heavy (non-hydrogen) atoms. The summed E-state index contributed by atoms with van der Waals surface area (Å²) >= 11 is 0. The van der Waals surface area contributed by atoms with E-state index in [-0.39, 0.29) is 5.76 Å². The lowest BCUT2D eigenvalue weighted by atomic mass is 9.89. The van der Waals surface area contributed by atoms with Crippen LogP contribution in [0.25, 0.3) is 0 Å². The number of allylic oxidation sites excluding steroid dienone is 4. The van der Waals surface area contributed by atoms with Crippen molar-refractivity contribution in [2.75, 3.05) is 6.61 Å². The summed E-state index contributed by atoms with van der Waals surface area (Å²) in [6.07, 6.45) is 2.75. The van der Waals surface area contributed by atoms with Crippen LogP contribution in [0.1, 0.15) is 39.0 Å². The Hall–Kier alpha value is -1.26. The Morgan fingerprint density at radius 2 is 1.85 bits per heavy atom. The van der Waals surface area contributed by atoms with E-state index in [1.165, 1.54) is 6.42 Å². The highest BCUT2D eigenvalue weighted by molar-refractivity contribution is 5.95. The van der Waals surface area contributed by atoms with E-state index in [1.54, 1.807) is 6.92 Å². The van der Waals surface area contributed by atoms with E-state index in [1.807, 2.05) is 0 Å². The van der Waals surface area contributed by atoms with Gasteiger partial charge in [0.15, 0.2) is 5.78 Å². The monoisotopic (exact) mass is 288 g/mol. The summed E-state index contributed by atoms with van der Waals surface area (Å²) in [5.41, 5.74) is -0.917. The van der Waals surface area contributed by atoms with Crippen molar-refractivity contribution < 1.29 is 22.7 Å². The minimum atomic E-state index is -4.50. The molecule has 0 radical (unpaired) electrons. The third kappa shape index (κ3) is 3.64. The molecule has 2 rings (SSSR count). The van der Waals surface area contributed by atoms with Crippen LogP contribution in [0, 0.1) is 11.8 Å². The first kappa shape index (κ1) is 15.1. The second kappa shape index (κ2) is 6.02. The number of alkyl halides is 3. The Kier molecular flexibility index (Phi) is 4.55. The van der Waals surface area contributed by atoms with E-state index in [4.69, 9.17) is 4.74 Å². The second-order valence-electron chi connectivity index (χ2n) is 5.58. The van der Waals surface area contributed by atoms with E-state index >= 15 is 0 Å². The molecule has 0 aliphatic heterocycles. The van der Waals surface area contributed by atoms with Gasteiger partial charge in [0.1, 0.15) is 5.76 Å². The minimum absolute atomic E-state index is 0.149. The van der Waals surface area contributed by atoms with Crippen LogP contribution >= 0.6 is 0 Å². The standard InChI is InChI=1S/C15H19F3O2/c1-10-13(19)7-12(15(16,17)18)8-14(10)20-9-11-5-3-2-4-6-11/h7-8,10-11H,2-6,9H2,1H3. The fourth-order valence-corrected chi connectivity index (χ4v) is 2.64. The Labute approximate surface area is 116 Å². The fourth-order valence-electron chi connectivity index (χ4n) is 2.64. The second-order valence-corrected chi connectivity index (χ2v) is 5.58. The maximum Gasteiger partial charge on any atom is 0.416 e. The molecule has 0 N–H and O–H groups in total. The highest BCUT2D eigenvalue weighted by atomic mass is 19.4. The molecule has 0 aromatic carbocycles. The van der Waals surface area contributed by atoms with Gasteiger partial charge in [-0.15, -0.1) is 0 Å². The largest absolute Gasteiger partial charge is 0.497 e. The van der Waals surface area contributed by atoms with Crippen LogP contribution < -0.4 is 0 Å². The Bertz CT molecular complexity index is 429. The lowest BCUT2D eigenvalue weighted by Crippen LogP contribution is -2.24. The number of carbonyl (C=O) groups excluding carboxylic acids is 1. The van der Waals surface area contributed by atoms with Gasteiger partial charge in [-0.3, -0.25) is 4.79 Å². The molecule has 0 aromatic heterocycles. The van der Waals surface area contributed by atoms with E-state index in [0.717, 1.165) is 31.8 Å². The molecule has 1 unspecified atom stereocenters. The molecule has 2 nitrogen and oxygen atoms in total. The quantitative estimate of drug-likeness (QED) is 0.779. The number of carbonyl (C=O) groups is 1. The van der Waals surface area contributed by atoms with Gasteiger partial charge in [0, 0.05) is 0 Å². The van der Waals surface area contributed by atoms with Crippen molar-refractivity contribution in [3.05, 3.63) is 23.5 Å². The van der Waals surface area contributed by atoms with Gasteiger partial charge >= 0.3 is 6.18 Å². The zero-order valence-corrected chi connectivity index (χ0v) is 11.5. The van der Waals surface area contributed by atoms with Gasteiger partial charge in [0.25, 0.3) is 0 Å². The number of rotatable bonds is 3. The van der Waals surface area contributed by atoms with Crippen LogP contribution in [0.5, 0.6) is 0 Å². The molecule has 5 heteroatoms. The lowest BCUT2D eigenvalue weighted by Gasteiger charge is -2.25. The van der Waals surface area contributed by atoms with E-state index < -0.39 is 23.5 Å². The molecule has 1 atom stereocenters. The number of ether oxygens (including phenoxy) is 1. The first-order valence-corrected chi connectivity index (χ1v) is 7.05. The van der Waals surface area contributed by atoms with Crippen LogP contribution in [0.15, 0.2) is 23.5 Å². The van der Waals surface area contributed by atoms with Crippen LogP contribution in [-0.2, 0) is 9.53 Å². The zero-order chi connectivity index (χ0) is 14.8. The molecule has 0 saturated heterocycles. The predicted octanol–water partition coefficient (Wildman–Crippen LogP) is 4.17. The molecule has 1 fully saturated rings. The van der Waals surface area contributed by atoms with Gasteiger partial charge in [-0.2, -0.15) is 13.2 Å². The predicted molar refractivity (Wildman–Crippen MR) is 68.9 cm³/mol. The lowest BCUT2D eigenvalue weighted by molar-refractivity contribution is -0.120. The molecule has 112 valence electrons. The van der Waals surface area contributed by atoms with Crippen molar-refractivity contribution in [2.24, 2.45) is 11.8 Å². The number of hydrogen-bond acceptors (Lipinski definition) is 2. The van der Waals surface area contributed by atoms with Crippen molar-refractivity contribution in [1.82, 2.24) is 0 Å². The summed E-state index contributed by atoms with van der Waals surface area (Å²) in [4.78, 5) is 11.6. The molecule has 0 bridgehead atoms. The molecular formula is C15H19F3O2. The minimum Gasteiger partial charge on any atom is -0.497 e. The molecule has 2 aliphatic carbocycles. The molecule has 0 spiro atoms. The topological polar surface area (TPSA) is 26.3 Å². The van der Waals surface area contributed by atoms with Crippen molar-refractivity contribution >= 4 is 5.78 Å². The smallest absolute Gasteiger partial charge is 0.416 e. The summed E-state index contributed by atoms with van der Waals surface area (Å²) in [6, 6.07) is 0. The van der Waals surface area contributed by atoms with Gasteiger partial charge in [-0.25, -0.2) is 0 Å². The highest BCUT2D eigenvalue weighted by Crippen LogP contribution is 2.33. The summed E-state index contributed by atoms with van der Waals surface area (Å²) < 4.78 is 43.6. The van der Waals surface area contributed by atoms with Crippen molar-refractivity contribution in [1.29, 1.82) is 0 Å². The maximum atomic E-state index is 12.7. The molecule has 1 saturated carbocycles. The fraction of sp³-hybridized carbons (Fsp3) is 0.667. The van der Waals surface area contributed by atoms with Gasteiger partial charge in [-0.05, 0) is 37.8 Å². The first-order valence-electron chi connectivity index (χ1n) is 7.05. The Balaban J connectivity index is 2.02. The third-order valence-electron chi connectivity index (χ3n) is 3.99. The third-order valence-corrected chi connectivity index (χ3v) is 3.99. The van der Waals surface area contributed by atoms with Crippen molar-refractivity contribution in [2.45, 2.75) is 45.2 Å². The number of ketones is 1. The summed E-state index contributed by atoms with van der Waals surface area (Å²) in [5, 5.41) is 0. The molecule has 0 heterocycles.